The minimum atomic E-state index is -2.89. The van der Waals surface area contributed by atoms with Gasteiger partial charge in [0.25, 0.3) is 0 Å². The fraction of sp³-hybridized carbons (Fsp3) is 0.917. The number of likely N-dealkylation sites (tertiary alicyclic amines) is 1. The summed E-state index contributed by atoms with van der Waals surface area (Å²) < 4.78 is 23.3. The molecule has 1 amide bonds. The van der Waals surface area contributed by atoms with Crippen LogP contribution in [-0.4, -0.2) is 42.8 Å². The smallest absolute Gasteiger partial charge is 0.223 e. The predicted octanol–water partition coefficient (Wildman–Crippen LogP) is 0.965. The van der Waals surface area contributed by atoms with E-state index < -0.39 is 9.84 Å². The van der Waals surface area contributed by atoms with E-state index in [1.54, 1.807) is 0 Å². The first-order valence-electron chi connectivity index (χ1n) is 6.58. The molecule has 4 nitrogen and oxygen atoms in total. The Morgan fingerprint density at radius 2 is 1.76 bits per heavy atom. The van der Waals surface area contributed by atoms with Crippen molar-refractivity contribution >= 4 is 15.7 Å². The Morgan fingerprint density at radius 1 is 1.06 bits per heavy atom. The molecule has 0 bridgehead atoms. The first-order valence-corrected chi connectivity index (χ1v) is 8.40. The van der Waals surface area contributed by atoms with Gasteiger partial charge >= 0.3 is 0 Å². The molecule has 2 aliphatic heterocycles. The molecule has 2 saturated heterocycles. The van der Waals surface area contributed by atoms with Crippen LogP contribution in [0.2, 0.25) is 0 Å². The van der Waals surface area contributed by atoms with E-state index in [1.807, 2.05) is 4.90 Å². The zero-order chi connectivity index (χ0) is 12.0. The molecule has 5 heteroatoms. The largest absolute Gasteiger partial charge is 0.335 e. The third-order valence-electron chi connectivity index (χ3n) is 4.49. The summed E-state index contributed by atoms with van der Waals surface area (Å²) in [4.78, 5) is 14.0. The molecule has 2 heterocycles. The van der Waals surface area contributed by atoms with Gasteiger partial charge in [-0.1, -0.05) is 19.3 Å². The van der Waals surface area contributed by atoms with E-state index in [9.17, 15) is 13.2 Å². The number of amides is 1. The second-order valence-corrected chi connectivity index (χ2v) is 7.86. The predicted molar refractivity (Wildman–Crippen MR) is 64.3 cm³/mol. The molecule has 3 fully saturated rings. The molecule has 0 spiro atoms. The molecule has 0 aromatic carbocycles. The van der Waals surface area contributed by atoms with E-state index in [4.69, 9.17) is 0 Å². The van der Waals surface area contributed by atoms with Crippen molar-refractivity contribution in [3.05, 3.63) is 0 Å². The van der Waals surface area contributed by atoms with E-state index in [1.165, 1.54) is 19.3 Å². The highest BCUT2D eigenvalue weighted by Gasteiger charge is 2.50. The summed E-state index contributed by atoms with van der Waals surface area (Å²) in [7, 11) is -2.89. The molecular formula is C12H19NO3S. The molecule has 1 aliphatic carbocycles. The van der Waals surface area contributed by atoms with Crippen molar-refractivity contribution in [3.8, 4) is 0 Å². The summed E-state index contributed by atoms with van der Waals surface area (Å²) in [6.45, 7) is 0. The van der Waals surface area contributed by atoms with Crippen LogP contribution in [0, 0.1) is 5.92 Å². The zero-order valence-corrected chi connectivity index (χ0v) is 10.8. The van der Waals surface area contributed by atoms with Crippen LogP contribution in [0.5, 0.6) is 0 Å². The van der Waals surface area contributed by atoms with Crippen molar-refractivity contribution < 1.29 is 13.2 Å². The van der Waals surface area contributed by atoms with E-state index >= 15 is 0 Å². The number of carbonyl (C=O) groups is 1. The molecule has 96 valence electrons. The van der Waals surface area contributed by atoms with Crippen LogP contribution < -0.4 is 0 Å². The second-order valence-electron chi connectivity index (χ2n) is 5.70. The Bertz CT molecular complexity index is 425. The third-order valence-corrected chi connectivity index (χ3v) is 6.27. The maximum absolute atomic E-state index is 12.0. The standard InChI is InChI=1S/C12H19NO3S/c14-12-6-9-7-17(15,16)8-11(9)13(12)10-4-2-1-3-5-10/h9-11H,1-8H2/t9-,11+/m0/s1. The van der Waals surface area contributed by atoms with Crippen LogP contribution in [0.3, 0.4) is 0 Å². The quantitative estimate of drug-likeness (QED) is 0.703. The van der Waals surface area contributed by atoms with Gasteiger partial charge in [-0.05, 0) is 12.8 Å². The van der Waals surface area contributed by atoms with Crippen molar-refractivity contribution in [2.24, 2.45) is 5.92 Å². The summed E-state index contributed by atoms with van der Waals surface area (Å²) in [5, 5.41) is 0. The Hall–Kier alpha value is -0.580. The summed E-state index contributed by atoms with van der Waals surface area (Å²) in [6, 6.07) is 0.315. The topological polar surface area (TPSA) is 54.5 Å². The number of rotatable bonds is 1. The molecule has 0 radical (unpaired) electrons. The summed E-state index contributed by atoms with van der Waals surface area (Å²) in [5.74, 6) is 0.711. The Morgan fingerprint density at radius 3 is 2.47 bits per heavy atom. The van der Waals surface area contributed by atoms with Gasteiger partial charge in [-0.25, -0.2) is 8.42 Å². The van der Waals surface area contributed by atoms with Crippen LogP contribution in [0.1, 0.15) is 38.5 Å². The number of carbonyl (C=O) groups excluding carboxylic acids is 1. The monoisotopic (exact) mass is 257 g/mol. The van der Waals surface area contributed by atoms with Gasteiger partial charge in [-0.15, -0.1) is 0 Å². The number of nitrogens with zero attached hydrogens (tertiary/aromatic N) is 1. The normalized spacial score (nSPS) is 37.4. The van der Waals surface area contributed by atoms with Gasteiger partial charge in [0.05, 0.1) is 17.5 Å². The summed E-state index contributed by atoms with van der Waals surface area (Å²) in [6.07, 6.45) is 6.20. The molecule has 0 aromatic rings. The molecule has 1 saturated carbocycles. The highest BCUT2D eigenvalue weighted by atomic mass is 32.2. The molecule has 3 aliphatic rings. The van der Waals surface area contributed by atoms with Gasteiger partial charge in [0.2, 0.25) is 5.91 Å². The van der Waals surface area contributed by atoms with Gasteiger partial charge in [-0.3, -0.25) is 4.79 Å². The van der Waals surface area contributed by atoms with E-state index in [2.05, 4.69) is 0 Å². The molecule has 2 atom stereocenters. The fourth-order valence-corrected chi connectivity index (χ4v) is 5.83. The second kappa shape index (κ2) is 3.97. The maximum Gasteiger partial charge on any atom is 0.223 e. The van der Waals surface area contributed by atoms with Gasteiger partial charge < -0.3 is 4.90 Å². The lowest BCUT2D eigenvalue weighted by Crippen LogP contribution is -2.44. The fourth-order valence-electron chi connectivity index (χ4n) is 3.75. The Kier molecular flexibility index (Phi) is 2.69. The van der Waals surface area contributed by atoms with Crippen molar-refractivity contribution in [2.75, 3.05) is 11.5 Å². The van der Waals surface area contributed by atoms with Crippen molar-refractivity contribution in [1.29, 1.82) is 0 Å². The van der Waals surface area contributed by atoms with E-state index in [0.717, 1.165) is 12.8 Å². The lowest BCUT2D eigenvalue weighted by molar-refractivity contribution is -0.131. The van der Waals surface area contributed by atoms with Crippen LogP contribution in [0.15, 0.2) is 0 Å². The van der Waals surface area contributed by atoms with Crippen molar-refractivity contribution in [3.63, 3.8) is 0 Å². The number of hydrogen-bond donors (Lipinski definition) is 0. The molecule has 17 heavy (non-hydrogen) atoms. The minimum Gasteiger partial charge on any atom is -0.335 e. The van der Waals surface area contributed by atoms with E-state index in [0.29, 0.717) is 12.5 Å². The van der Waals surface area contributed by atoms with Gasteiger partial charge in [0.1, 0.15) is 0 Å². The lowest BCUT2D eigenvalue weighted by atomic mass is 9.93. The molecular weight excluding hydrogens is 238 g/mol. The van der Waals surface area contributed by atoms with Gasteiger partial charge in [-0.2, -0.15) is 0 Å². The highest BCUT2D eigenvalue weighted by Crippen LogP contribution is 2.38. The third kappa shape index (κ3) is 1.98. The van der Waals surface area contributed by atoms with Crippen LogP contribution >= 0.6 is 0 Å². The first-order chi connectivity index (χ1) is 8.07. The summed E-state index contributed by atoms with van der Waals surface area (Å²) >= 11 is 0. The van der Waals surface area contributed by atoms with Crippen LogP contribution in [0.4, 0.5) is 0 Å². The Labute approximate surface area is 102 Å². The minimum absolute atomic E-state index is 0.00407. The molecule has 0 N–H and O–H groups in total. The van der Waals surface area contributed by atoms with Crippen LogP contribution in [0.25, 0.3) is 0 Å². The van der Waals surface area contributed by atoms with Crippen LogP contribution in [-0.2, 0) is 14.6 Å². The summed E-state index contributed by atoms with van der Waals surface area (Å²) in [5.41, 5.74) is 0. The lowest BCUT2D eigenvalue weighted by Gasteiger charge is -2.35. The highest BCUT2D eigenvalue weighted by molar-refractivity contribution is 7.91. The van der Waals surface area contributed by atoms with Crippen molar-refractivity contribution in [1.82, 2.24) is 4.90 Å². The maximum atomic E-state index is 12.0. The molecule has 0 aromatic heterocycles. The average molecular weight is 257 g/mol. The Balaban J connectivity index is 1.81. The zero-order valence-electron chi connectivity index (χ0n) is 9.97. The average Bonchev–Trinajstić information content (AvgIpc) is 2.69. The first kappa shape index (κ1) is 11.5. The molecule has 0 unspecified atom stereocenters. The SMILES string of the molecule is O=C1C[C@H]2CS(=O)(=O)C[C@H]2N1C1CCCCC1. The van der Waals surface area contributed by atoms with Crippen molar-refractivity contribution in [2.45, 2.75) is 50.6 Å². The molecule has 3 rings (SSSR count). The number of fused-ring (bicyclic) bond motifs is 1. The van der Waals surface area contributed by atoms with Gasteiger partial charge in [0.15, 0.2) is 9.84 Å². The van der Waals surface area contributed by atoms with E-state index in [-0.39, 0.29) is 29.4 Å². The number of sulfone groups is 1. The van der Waals surface area contributed by atoms with Gasteiger partial charge in [0, 0.05) is 18.4 Å². The number of hydrogen-bond acceptors (Lipinski definition) is 3.